The molecular weight excluding hydrogens is 809 g/mol. The Hall–Kier alpha value is -4.78. The lowest BCUT2D eigenvalue weighted by Crippen LogP contribution is -2.60. The van der Waals surface area contributed by atoms with Gasteiger partial charge < -0.3 is 19.9 Å². The normalized spacial score (nSPS) is 24.6. The largest absolute Gasteiger partial charge is 0.419 e. The van der Waals surface area contributed by atoms with Crippen molar-refractivity contribution in [2.45, 2.75) is 101 Å². The van der Waals surface area contributed by atoms with E-state index in [4.69, 9.17) is 22.2 Å². The molecule has 59 heavy (non-hydrogen) atoms. The summed E-state index contributed by atoms with van der Waals surface area (Å²) >= 11 is 5.65. The molecule has 1 saturated carbocycles. The van der Waals surface area contributed by atoms with Gasteiger partial charge in [0.05, 0.1) is 36.0 Å². The Morgan fingerprint density at radius 1 is 1.07 bits per heavy atom. The summed E-state index contributed by atoms with van der Waals surface area (Å²) in [5.41, 5.74) is -2.92. The number of carbonyl (C=O) groups is 4. The maximum Gasteiger partial charge on any atom is 0.419 e. The summed E-state index contributed by atoms with van der Waals surface area (Å²) in [7, 11) is 0. The van der Waals surface area contributed by atoms with E-state index < -0.39 is 65.4 Å². The Kier molecular flexibility index (Phi) is 12.9. The first kappa shape index (κ1) is 43.8. The Bertz CT molecular complexity index is 2000. The molecule has 21 heteroatoms. The summed E-state index contributed by atoms with van der Waals surface area (Å²) in [6.07, 6.45) is -3.98. The summed E-state index contributed by atoms with van der Waals surface area (Å²) < 4.78 is 89.8. The van der Waals surface area contributed by atoms with E-state index in [0.717, 1.165) is 16.0 Å². The Morgan fingerprint density at radius 2 is 1.80 bits per heavy atom. The molecule has 4 amide bonds. The van der Waals surface area contributed by atoms with Crippen molar-refractivity contribution in [3.05, 3.63) is 47.4 Å². The van der Waals surface area contributed by atoms with E-state index in [1.54, 1.807) is 29.7 Å². The number of halogens is 6. The van der Waals surface area contributed by atoms with E-state index in [1.165, 1.54) is 18.3 Å². The van der Waals surface area contributed by atoms with E-state index in [9.17, 15) is 45.5 Å². The van der Waals surface area contributed by atoms with Crippen LogP contribution in [0.1, 0.15) is 81.5 Å². The number of aromatic nitrogens is 2. The van der Waals surface area contributed by atoms with Crippen LogP contribution in [0.3, 0.4) is 0 Å². The molecule has 0 aromatic carbocycles. The summed E-state index contributed by atoms with van der Waals surface area (Å²) in [5.74, 6) is -2.59. The monoisotopic (exact) mass is 851 g/mol. The van der Waals surface area contributed by atoms with Crippen LogP contribution in [0.15, 0.2) is 30.6 Å². The second kappa shape index (κ2) is 17.4. The molecule has 0 spiro atoms. The molecule has 2 aromatic rings. The number of amides is 4. The summed E-state index contributed by atoms with van der Waals surface area (Å²) in [5, 5.41) is 14.0. The van der Waals surface area contributed by atoms with Crippen molar-refractivity contribution in [1.29, 1.82) is 5.26 Å². The van der Waals surface area contributed by atoms with Crippen molar-refractivity contribution in [3.8, 4) is 6.07 Å². The molecule has 2 aromatic heterocycles. The van der Waals surface area contributed by atoms with Gasteiger partial charge in [-0.15, -0.1) is 0 Å². The van der Waals surface area contributed by atoms with Gasteiger partial charge in [-0.3, -0.25) is 34.3 Å². The second-order valence-corrected chi connectivity index (χ2v) is 15.9. The first-order chi connectivity index (χ1) is 27.8. The van der Waals surface area contributed by atoms with Crippen LogP contribution in [0.2, 0.25) is 0 Å². The number of rotatable bonds is 11. The van der Waals surface area contributed by atoms with Crippen LogP contribution in [-0.2, 0) is 30.1 Å². The van der Waals surface area contributed by atoms with Gasteiger partial charge in [0.25, 0.3) is 5.91 Å². The smallest absolute Gasteiger partial charge is 0.378 e. The molecule has 1 aliphatic carbocycles. The van der Waals surface area contributed by atoms with Crippen LogP contribution in [0.4, 0.5) is 37.8 Å². The van der Waals surface area contributed by atoms with Crippen molar-refractivity contribution in [1.82, 2.24) is 30.0 Å². The number of piperazine rings is 1. The minimum atomic E-state index is -4.87. The van der Waals surface area contributed by atoms with Gasteiger partial charge in [-0.2, -0.15) is 31.6 Å². The third-order valence-electron chi connectivity index (χ3n) is 11.2. The molecule has 4 fully saturated rings. The van der Waals surface area contributed by atoms with Crippen LogP contribution in [0.25, 0.3) is 0 Å². The highest BCUT2D eigenvalue weighted by Crippen LogP contribution is 2.40. The SMILES string of the molecule is CC1(C)C(=O)N(c2cnc(C#N)c(C(F)(F)F)c2)C(=S)N1[C@H]1CC[C@H](OCCCN2CCN(CC(=O)Nc3cc(C4CCC(=O)NC4=O)ccn3)[C@@H](C(F)(F)F)C2)CC1. The minimum absolute atomic E-state index is 0.00790. The number of nitriles is 1. The third kappa shape index (κ3) is 9.82. The van der Waals surface area contributed by atoms with Gasteiger partial charge in [0.2, 0.25) is 17.7 Å². The number of thiocarbonyl (C=S) groups is 1. The van der Waals surface area contributed by atoms with Crippen LogP contribution < -0.4 is 15.5 Å². The number of hydrogen-bond donors (Lipinski definition) is 2. The molecule has 2 N–H and O–H groups in total. The molecule has 4 aliphatic rings. The zero-order valence-corrected chi connectivity index (χ0v) is 33.1. The maximum absolute atomic E-state index is 14.2. The van der Waals surface area contributed by atoms with Gasteiger partial charge in [-0.05, 0) is 88.4 Å². The Balaban J connectivity index is 0.956. The lowest BCUT2D eigenvalue weighted by Gasteiger charge is -2.42. The summed E-state index contributed by atoms with van der Waals surface area (Å²) in [6.45, 7) is 3.37. The first-order valence-corrected chi connectivity index (χ1v) is 19.6. The molecule has 5 heterocycles. The lowest BCUT2D eigenvalue weighted by molar-refractivity contribution is -0.197. The van der Waals surface area contributed by atoms with Crippen molar-refractivity contribution < 1.29 is 50.3 Å². The van der Waals surface area contributed by atoms with Crippen molar-refractivity contribution in [3.63, 3.8) is 0 Å². The number of nitrogens with zero attached hydrogens (tertiary/aromatic N) is 7. The summed E-state index contributed by atoms with van der Waals surface area (Å²) in [6, 6.07) is 3.09. The van der Waals surface area contributed by atoms with E-state index >= 15 is 0 Å². The fourth-order valence-electron chi connectivity index (χ4n) is 8.23. The maximum atomic E-state index is 14.2. The highest BCUT2D eigenvalue weighted by atomic mass is 32.1. The van der Waals surface area contributed by atoms with Crippen LogP contribution in [0, 0.1) is 11.3 Å². The number of piperidine rings is 1. The van der Waals surface area contributed by atoms with Crippen LogP contribution in [-0.4, -0.2) is 123 Å². The van der Waals surface area contributed by atoms with E-state index in [-0.39, 0.29) is 60.6 Å². The molecule has 0 bridgehead atoms. The number of anilines is 2. The number of imide groups is 1. The average Bonchev–Trinajstić information content (AvgIpc) is 3.34. The van der Waals surface area contributed by atoms with E-state index in [0.29, 0.717) is 63.4 Å². The quantitative estimate of drug-likeness (QED) is 0.141. The predicted octanol–water partition coefficient (Wildman–Crippen LogP) is 4.50. The fraction of sp³-hybridized carbons (Fsp3) is 0.579. The number of carbonyl (C=O) groups excluding carboxylic acids is 4. The standard InChI is InChI=1S/C38H43F6N9O5S/c1-36(2)34(57)52(24-17-27(37(39,40)41)28(18-45)47-19-24)35(59)53(36)23-4-6-25(7-5-23)58-15-3-12-50-13-14-51(29(20-50)38(42,43)44)21-32(55)48-30-16-22(10-11-46-30)26-8-9-31(54)49-33(26)56/h10-11,16-17,19,23,25-26,29H,3-9,12-15,20-21H2,1-2H3,(H,46,48,55)(H,49,54,56)/t23-,25-,26?,29-/m1/s1. The number of pyridine rings is 2. The molecule has 318 valence electrons. The highest BCUT2D eigenvalue weighted by molar-refractivity contribution is 7.80. The highest BCUT2D eigenvalue weighted by Gasteiger charge is 2.53. The van der Waals surface area contributed by atoms with Crippen LogP contribution in [0.5, 0.6) is 0 Å². The Labute approximate surface area is 341 Å². The van der Waals surface area contributed by atoms with Crippen LogP contribution >= 0.6 is 12.2 Å². The zero-order valence-electron chi connectivity index (χ0n) is 32.2. The topological polar surface area (TPSA) is 164 Å². The second-order valence-electron chi connectivity index (χ2n) is 15.6. The Morgan fingerprint density at radius 3 is 2.46 bits per heavy atom. The first-order valence-electron chi connectivity index (χ1n) is 19.2. The molecule has 2 atom stereocenters. The minimum Gasteiger partial charge on any atom is -0.378 e. The number of alkyl halides is 6. The fourth-order valence-corrected chi connectivity index (χ4v) is 8.80. The number of nitrogens with one attached hydrogen (secondary N) is 2. The predicted molar refractivity (Wildman–Crippen MR) is 202 cm³/mol. The van der Waals surface area contributed by atoms with Gasteiger partial charge in [-0.25, -0.2) is 9.97 Å². The zero-order chi connectivity index (χ0) is 42.9. The molecule has 1 unspecified atom stereocenters. The lowest BCUT2D eigenvalue weighted by atomic mass is 9.89. The molecule has 3 saturated heterocycles. The number of hydrogen-bond acceptors (Lipinski definition) is 11. The third-order valence-corrected chi connectivity index (χ3v) is 11.6. The van der Waals surface area contributed by atoms with Crippen molar-refractivity contribution in [2.75, 3.05) is 49.5 Å². The molecule has 3 aliphatic heterocycles. The van der Waals surface area contributed by atoms with Gasteiger partial charge in [0, 0.05) is 51.4 Å². The van der Waals surface area contributed by atoms with E-state index in [1.807, 2.05) is 0 Å². The van der Waals surface area contributed by atoms with Gasteiger partial charge >= 0.3 is 12.4 Å². The molecule has 14 nitrogen and oxygen atoms in total. The summed E-state index contributed by atoms with van der Waals surface area (Å²) in [4.78, 5) is 63.5. The number of ether oxygens (including phenoxy) is 1. The molecule has 0 radical (unpaired) electrons. The van der Waals surface area contributed by atoms with E-state index in [2.05, 4.69) is 20.6 Å². The van der Waals surface area contributed by atoms with Crippen molar-refractivity contribution >= 4 is 52.5 Å². The average molecular weight is 852 g/mol. The molecular formula is C38H43F6N9O5S. The van der Waals surface area contributed by atoms with Gasteiger partial charge in [0.15, 0.2) is 10.8 Å². The molecule has 6 rings (SSSR count). The van der Waals surface area contributed by atoms with Gasteiger partial charge in [0.1, 0.15) is 23.5 Å². The van der Waals surface area contributed by atoms with Gasteiger partial charge in [-0.1, -0.05) is 0 Å². The van der Waals surface area contributed by atoms with Crippen molar-refractivity contribution in [2.24, 2.45) is 0 Å².